The largest absolute Gasteiger partial charge is 0.486 e. The van der Waals surface area contributed by atoms with Crippen molar-refractivity contribution < 1.29 is 14.2 Å². The second-order valence-corrected chi connectivity index (χ2v) is 6.97. The molecular formula is C17H24BrN3O3. The lowest BCUT2D eigenvalue weighted by Gasteiger charge is -2.25. The maximum Gasteiger partial charge on any atom is 0.193 e. The molecule has 3 rings (SSSR count). The number of rotatable bonds is 4. The lowest BCUT2D eigenvalue weighted by atomic mass is 10.1. The summed E-state index contributed by atoms with van der Waals surface area (Å²) in [6.07, 6.45) is 1.12. The van der Waals surface area contributed by atoms with E-state index in [1.54, 1.807) is 0 Å². The highest BCUT2D eigenvalue weighted by molar-refractivity contribution is 9.10. The standard InChI is InChI=1S/C17H24BrN3O3/c1-19-17(21(2)10-12-3-4-22-11-12)20-9-13-7-14(18)16-15(8-13)23-5-6-24-16/h7-8,12H,3-6,9-11H2,1-2H3,(H,19,20). The summed E-state index contributed by atoms with van der Waals surface area (Å²) in [6, 6.07) is 4.07. The Hall–Kier alpha value is -1.47. The Kier molecular flexibility index (Phi) is 5.84. The molecule has 2 aliphatic rings. The molecule has 0 amide bonds. The molecular weight excluding hydrogens is 374 g/mol. The van der Waals surface area contributed by atoms with Gasteiger partial charge in [-0.3, -0.25) is 4.99 Å². The van der Waals surface area contributed by atoms with E-state index in [0.29, 0.717) is 25.7 Å². The van der Waals surface area contributed by atoms with Gasteiger partial charge in [-0.25, -0.2) is 0 Å². The zero-order valence-corrected chi connectivity index (χ0v) is 15.8. The Morgan fingerprint density at radius 1 is 1.33 bits per heavy atom. The van der Waals surface area contributed by atoms with Crippen molar-refractivity contribution >= 4 is 21.9 Å². The third-order valence-corrected chi connectivity index (χ3v) is 4.83. The first-order valence-corrected chi connectivity index (χ1v) is 9.04. The van der Waals surface area contributed by atoms with E-state index in [1.165, 1.54) is 0 Å². The first kappa shape index (κ1) is 17.4. The van der Waals surface area contributed by atoms with Gasteiger partial charge in [0, 0.05) is 39.7 Å². The SMILES string of the molecule is CN=C(NCc1cc(Br)c2c(c1)OCCO2)N(C)CC1CCOC1. The first-order chi connectivity index (χ1) is 11.7. The fourth-order valence-corrected chi connectivity index (χ4v) is 3.64. The summed E-state index contributed by atoms with van der Waals surface area (Å²) in [4.78, 5) is 6.54. The molecule has 132 valence electrons. The van der Waals surface area contributed by atoms with Crippen LogP contribution < -0.4 is 14.8 Å². The van der Waals surface area contributed by atoms with Crippen molar-refractivity contribution in [2.45, 2.75) is 13.0 Å². The highest BCUT2D eigenvalue weighted by atomic mass is 79.9. The van der Waals surface area contributed by atoms with Gasteiger partial charge in [-0.1, -0.05) is 0 Å². The summed E-state index contributed by atoms with van der Waals surface area (Å²) < 4.78 is 17.7. The quantitative estimate of drug-likeness (QED) is 0.623. The number of nitrogens with zero attached hydrogens (tertiary/aromatic N) is 2. The fourth-order valence-electron chi connectivity index (χ4n) is 3.03. The van der Waals surface area contributed by atoms with Crippen LogP contribution in [0.2, 0.25) is 0 Å². The Labute approximate surface area is 151 Å². The third kappa shape index (κ3) is 4.13. The van der Waals surface area contributed by atoms with Crippen molar-refractivity contribution in [1.29, 1.82) is 0 Å². The molecule has 7 heteroatoms. The summed E-state index contributed by atoms with van der Waals surface area (Å²) in [5, 5.41) is 3.41. The van der Waals surface area contributed by atoms with Crippen LogP contribution in [0.15, 0.2) is 21.6 Å². The number of hydrogen-bond acceptors (Lipinski definition) is 4. The smallest absolute Gasteiger partial charge is 0.193 e. The molecule has 0 bridgehead atoms. The summed E-state index contributed by atoms with van der Waals surface area (Å²) in [5.74, 6) is 3.04. The molecule has 0 saturated carbocycles. The number of nitrogens with one attached hydrogen (secondary N) is 1. The van der Waals surface area contributed by atoms with Crippen molar-refractivity contribution in [3.8, 4) is 11.5 Å². The number of guanidine groups is 1. The molecule has 0 radical (unpaired) electrons. The van der Waals surface area contributed by atoms with E-state index in [9.17, 15) is 0 Å². The number of hydrogen-bond donors (Lipinski definition) is 1. The normalized spacial score (nSPS) is 20.1. The van der Waals surface area contributed by atoms with E-state index < -0.39 is 0 Å². The van der Waals surface area contributed by atoms with Gasteiger partial charge in [-0.15, -0.1) is 0 Å². The van der Waals surface area contributed by atoms with Crippen LogP contribution in [-0.4, -0.2) is 57.9 Å². The van der Waals surface area contributed by atoms with Gasteiger partial charge >= 0.3 is 0 Å². The van der Waals surface area contributed by atoms with E-state index in [2.05, 4.69) is 44.3 Å². The molecule has 1 atom stereocenters. The van der Waals surface area contributed by atoms with Gasteiger partial charge in [0.1, 0.15) is 13.2 Å². The number of aliphatic imine (C=N–C) groups is 1. The van der Waals surface area contributed by atoms with Gasteiger partial charge < -0.3 is 24.4 Å². The van der Waals surface area contributed by atoms with Crippen LogP contribution in [-0.2, 0) is 11.3 Å². The summed E-state index contributed by atoms with van der Waals surface area (Å²) >= 11 is 3.56. The monoisotopic (exact) mass is 397 g/mol. The van der Waals surface area contributed by atoms with Crippen LogP contribution in [0.5, 0.6) is 11.5 Å². The maximum absolute atomic E-state index is 5.68. The van der Waals surface area contributed by atoms with Crippen LogP contribution >= 0.6 is 15.9 Å². The van der Waals surface area contributed by atoms with Gasteiger partial charge in [-0.2, -0.15) is 0 Å². The van der Waals surface area contributed by atoms with Crippen LogP contribution in [0.3, 0.4) is 0 Å². The van der Waals surface area contributed by atoms with Crippen molar-refractivity contribution in [2.75, 3.05) is 47.1 Å². The molecule has 2 aliphatic heterocycles. The Bertz CT molecular complexity index is 603. The van der Waals surface area contributed by atoms with E-state index >= 15 is 0 Å². The molecule has 0 aromatic heterocycles. The van der Waals surface area contributed by atoms with Gasteiger partial charge in [-0.05, 0) is 40.0 Å². The molecule has 1 N–H and O–H groups in total. The summed E-state index contributed by atoms with van der Waals surface area (Å²) in [7, 11) is 3.87. The average Bonchev–Trinajstić information content (AvgIpc) is 3.08. The first-order valence-electron chi connectivity index (χ1n) is 8.25. The molecule has 24 heavy (non-hydrogen) atoms. The summed E-state index contributed by atoms with van der Waals surface area (Å²) in [6.45, 7) is 4.51. The second kappa shape index (κ2) is 8.07. The predicted molar refractivity (Wildman–Crippen MR) is 96.9 cm³/mol. The molecule has 1 aromatic carbocycles. The Morgan fingerprint density at radius 2 is 2.17 bits per heavy atom. The minimum atomic E-state index is 0.581. The van der Waals surface area contributed by atoms with E-state index in [-0.39, 0.29) is 0 Å². The van der Waals surface area contributed by atoms with Crippen molar-refractivity contribution in [3.63, 3.8) is 0 Å². The number of ether oxygens (including phenoxy) is 3. The number of fused-ring (bicyclic) bond motifs is 1. The molecule has 0 spiro atoms. The van der Waals surface area contributed by atoms with Crippen LogP contribution in [0.1, 0.15) is 12.0 Å². The summed E-state index contributed by atoms with van der Waals surface area (Å²) in [5.41, 5.74) is 1.12. The van der Waals surface area contributed by atoms with Gasteiger partial charge in [0.05, 0.1) is 11.1 Å². The minimum Gasteiger partial charge on any atom is -0.486 e. The topological polar surface area (TPSA) is 55.3 Å². The maximum atomic E-state index is 5.68. The molecule has 1 saturated heterocycles. The van der Waals surface area contributed by atoms with Crippen molar-refractivity contribution in [1.82, 2.24) is 10.2 Å². The second-order valence-electron chi connectivity index (χ2n) is 6.11. The van der Waals surface area contributed by atoms with E-state index in [0.717, 1.165) is 53.7 Å². The zero-order valence-electron chi connectivity index (χ0n) is 14.2. The van der Waals surface area contributed by atoms with Gasteiger partial charge in [0.25, 0.3) is 0 Å². The molecule has 6 nitrogen and oxygen atoms in total. The lowest BCUT2D eigenvalue weighted by molar-refractivity contribution is 0.170. The third-order valence-electron chi connectivity index (χ3n) is 4.24. The molecule has 2 heterocycles. The van der Waals surface area contributed by atoms with Gasteiger partial charge in [0.2, 0.25) is 0 Å². The average molecular weight is 398 g/mol. The molecule has 1 aromatic rings. The van der Waals surface area contributed by atoms with E-state index in [4.69, 9.17) is 14.2 Å². The molecule has 0 aliphatic carbocycles. The van der Waals surface area contributed by atoms with Crippen LogP contribution in [0.4, 0.5) is 0 Å². The Morgan fingerprint density at radius 3 is 2.92 bits per heavy atom. The Balaban J connectivity index is 1.60. The number of halogens is 1. The fraction of sp³-hybridized carbons (Fsp3) is 0.588. The highest BCUT2D eigenvalue weighted by Crippen LogP contribution is 2.38. The minimum absolute atomic E-state index is 0.581. The predicted octanol–water partition coefficient (Wildman–Crippen LogP) is 2.26. The zero-order chi connectivity index (χ0) is 16.9. The van der Waals surface area contributed by atoms with Crippen molar-refractivity contribution in [2.24, 2.45) is 10.9 Å². The van der Waals surface area contributed by atoms with Crippen LogP contribution in [0, 0.1) is 5.92 Å². The van der Waals surface area contributed by atoms with E-state index in [1.807, 2.05) is 13.1 Å². The van der Waals surface area contributed by atoms with Crippen LogP contribution in [0.25, 0.3) is 0 Å². The lowest BCUT2D eigenvalue weighted by Crippen LogP contribution is -2.41. The molecule has 1 unspecified atom stereocenters. The van der Waals surface area contributed by atoms with Gasteiger partial charge in [0.15, 0.2) is 17.5 Å². The molecule has 1 fully saturated rings. The van der Waals surface area contributed by atoms with Crippen molar-refractivity contribution in [3.05, 3.63) is 22.2 Å². The number of benzene rings is 1. The highest BCUT2D eigenvalue weighted by Gasteiger charge is 2.20.